The maximum Gasteiger partial charge on any atom is 0.475 e. The van der Waals surface area contributed by atoms with Gasteiger partial charge in [0.1, 0.15) is 23.6 Å². The molecule has 0 saturated carbocycles. The summed E-state index contributed by atoms with van der Waals surface area (Å²) in [5.74, 6) is -4.97. The quantitative estimate of drug-likeness (QED) is 0.264. The van der Waals surface area contributed by atoms with Crippen molar-refractivity contribution >= 4 is 19.1 Å². The molecule has 13 heteroatoms. The van der Waals surface area contributed by atoms with Gasteiger partial charge in [-0.25, -0.2) is 18.0 Å². The summed E-state index contributed by atoms with van der Waals surface area (Å²) in [7, 11) is -1.90. The molecule has 0 aliphatic carbocycles. The number of benzene rings is 1. The SMILES string of the molecule is CC(C)(C=C(C#N)C(=O)N1CCCC(OC(=O)NC(Cc2ccc(F)cc2)B(O)O)C1)N1CCC(F)(F)C1. The van der Waals surface area contributed by atoms with Crippen LogP contribution < -0.4 is 5.32 Å². The van der Waals surface area contributed by atoms with Gasteiger partial charge in [-0.3, -0.25) is 9.69 Å². The molecule has 1 aromatic rings. The number of nitrogens with one attached hydrogen (secondary N) is 1. The van der Waals surface area contributed by atoms with Gasteiger partial charge in [0.15, 0.2) is 0 Å². The predicted octanol–water partition coefficient (Wildman–Crippen LogP) is 2.04. The summed E-state index contributed by atoms with van der Waals surface area (Å²) in [6.45, 7) is 3.36. The number of likely N-dealkylation sites (tertiary alicyclic amines) is 2. The van der Waals surface area contributed by atoms with E-state index in [4.69, 9.17) is 4.74 Å². The summed E-state index contributed by atoms with van der Waals surface area (Å²) in [4.78, 5) is 28.5. The zero-order chi connectivity index (χ0) is 28.1. The van der Waals surface area contributed by atoms with Crippen LogP contribution in [-0.2, 0) is 16.0 Å². The van der Waals surface area contributed by atoms with Crippen molar-refractivity contribution in [1.29, 1.82) is 5.26 Å². The van der Waals surface area contributed by atoms with Gasteiger partial charge < -0.3 is 25.0 Å². The van der Waals surface area contributed by atoms with Crippen LogP contribution in [0.3, 0.4) is 0 Å². The molecule has 2 saturated heterocycles. The highest BCUT2D eigenvalue weighted by Crippen LogP contribution is 2.33. The van der Waals surface area contributed by atoms with E-state index in [1.54, 1.807) is 13.8 Å². The monoisotopic (exact) mass is 536 g/mol. The fraction of sp³-hybridized carbons (Fsp3) is 0.560. The molecule has 0 aromatic heterocycles. The minimum Gasteiger partial charge on any atom is -0.444 e. The Bertz CT molecular complexity index is 1080. The van der Waals surface area contributed by atoms with E-state index in [0.29, 0.717) is 24.9 Å². The van der Waals surface area contributed by atoms with E-state index in [1.807, 2.05) is 6.07 Å². The van der Waals surface area contributed by atoms with Crippen LogP contribution in [0, 0.1) is 17.1 Å². The minimum atomic E-state index is -2.82. The summed E-state index contributed by atoms with van der Waals surface area (Å²) < 4.78 is 45.9. The highest BCUT2D eigenvalue weighted by molar-refractivity contribution is 6.43. The first-order valence-electron chi connectivity index (χ1n) is 12.4. The number of hydrogen-bond donors (Lipinski definition) is 3. The molecule has 3 rings (SSSR count). The Labute approximate surface area is 220 Å². The van der Waals surface area contributed by atoms with Gasteiger partial charge in [0.05, 0.1) is 19.0 Å². The largest absolute Gasteiger partial charge is 0.475 e. The number of ether oxygens (including phenoxy) is 1. The number of halogens is 3. The number of amides is 2. The number of alkyl halides is 2. The first kappa shape index (κ1) is 29.5. The molecule has 0 bridgehead atoms. The third kappa shape index (κ3) is 7.96. The second kappa shape index (κ2) is 12.2. The lowest BCUT2D eigenvalue weighted by molar-refractivity contribution is -0.129. The molecule has 2 heterocycles. The fourth-order valence-corrected chi connectivity index (χ4v) is 4.65. The van der Waals surface area contributed by atoms with Crippen LogP contribution in [0.2, 0.25) is 0 Å². The average Bonchev–Trinajstić information content (AvgIpc) is 3.23. The molecule has 2 unspecified atom stereocenters. The predicted molar refractivity (Wildman–Crippen MR) is 132 cm³/mol. The van der Waals surface area contributed by atoms with Crippen molar-refractivity contribution in [2.24, 2.45) is 0 Å². The highest BCUT2D eigenvalue weighted by Gasteiger charge is 2.43. The van der Waals surface area contributed by atoms with Crippen molar-refractivity contribution in [3.8, 4) is 6.07 Å². The van der Waals surface area contributed by atoms with Gasteiger partial charge in [-0.1, -0.05) is 12.1 Å². The molecule has 0 spiro atoms. The van der Waals surface area contributed by atoms with Crippen LogP contribution in [0.15, 0.2) is 35.9 Å². The molecule has 38 heavy (non-hydrogen) atoms. The molecule has 2 aliphatic heterocycles. The Hall–Kier alpha value is -3.08. The number of carbonyl (C=O) groups is 2. The van der Waals surface area contributed by atoms with E-state index in [-0.39, 0.29) is 31.5 Å². The molecule has 2 aliphatic rings. The molecule has 2 fully saturated rings. The number of nitriles is 1. The molecule has 2 atom stereocenters. The van der Waals surface area contributed by atoms with Crippen molar-refractivity contribution in [3.63, 3.8) is 0 Å². The number of alkyl carbamates (subject to hydrolysis) is 1. The second-order valence-corrected chi connectivity index (χ2v) is 10.3. The van der Waals surface area contributed by atoms with Crippen LogP contribution in [0.25, 0.3) is 0 Å². The Morgan fingerprint density at radius 3 is 2.58 bits per heavy atom. The van der Waals surface area contributed by atoms with Gasteiger partial charge in [0.25, 0.3) is 11.8 Å². The van der Waals surface area contributed by atoms with Gasteiger partial charge in [-0.2, -0.15) is 5.26 Å². The lowest BCUT2D eigenvalue weighted by Crippen LogP contribution is -2.50. The number of hydrogen-bond acceptors (Lipinski definition) is 7. The van der Waals surface area contributed by atoms with Gasteiger partial charge in [0.2, 0.25) is 0 Å². The van der Waals surface area contributed by atoms with E-state index in [1.165, 1.54) is 40.1 Å². The molecule has 206 valence electrons. The van der Waals surface area contributed by atoms with Gasteiger partial charge in [-0.05, 0) is 56.9 Å². The second-order valence-electron chi connectivity index (χ2n) is 10.3. The Balaban J connectivity index is 1.59. The molecule has 2 amide bonds. The Morgan fingerprint density at radius 2 is 2.00 bits per heavy atom. The number of carbonyl (C=O) groups excluding carboxylic acids is 2. The smallest absolute Gasteiger partial charge is 0.444 e. The van der Waals surface area contributed by atoms with Gasteiger partial charge >= 0.3 is 13.2 Å². The molecule has 1 aromatic carbocycles. The molecular weight excluding hydrogens is 504 g/mol. The normalized spacial score (nSPS) is 20.9. The Kier molecular flexibility index (Phi) is 9.46. The van der Waals surface area contributed by atoms with E-state index >= 15 is 0 Å². The summed E-state index contributed by atoms with van der Waals surface area (Å²) in [5, 5.41) is 31.3. The standard InChI is InChI=1S/C25H32BF3N4O5/c1-24(2,33-11-9-25(28,29)16-33)13-18(14-30)22(34)32-10-3-4-20(15-32)38-23(35)31-21(26(36)37)12-17-5-7-19(27)8-6-17/h5-8,13,20-21,36-37H,3-4,9-12,15-16H2,1-2H3,(H,31,35). The summed E-state index contributed by atoms with van der Waals surface area (Å²) >= 11 is 0. The van der Waals surface area contributed by atoms with Crippen molar-refractivity contribution < 1.29 is 37.5 Å². The van der Waals surface area contributed by atoms with Crippen LogP contribution in [0.1, 0.15) is 38.7 Å². The summed E-state index contributed by atoms with van der Waals surface area (Å²) in [6, 6.07) is 7.22. The van der Waals surface area contributed by atoms with E-state index in [0.717, 1.165) is 0 Å². The third-order valence-corrected chi connectivity index (χ3v) is 6.80. The molecule has 0 radical (unpaired) electrons. The fourth-order valence-electron chi connectivity index (χ4n) is 4.65. The lowest BCUT2D eigenvalue weighted by atomic mass is 9.76. The first-order chi connectivity index (χ1) is 17.8. The Morgan fingerprint density at radius 1 is 1.32 bits per heavy atom. The van der Waals surface area contributed by atoms with Crippen LogP contribution in [0.4, 0.5) is 18.0 Å². The average molecular weight is 536 g/mol. The summed E-state index contributed by atoms with van der Waals surface area (Å²) in [6.07, 6.45) is 0.434. The molecular formula is C25H32BF3N4O5. The van der Waals surface area contributed by atoms with Crippen LogP contribution in [-0.4, -0.2) is 88.7 Å². The maximum absolute atomic E-state index is 13.7. The molecule has 9 nitrogen and oxygen atoms in total. The van der Waals surface area contributed by atoms with E-state index in [2.05, 4.69) is 5.32 Å². The zero-order valence-corrected chi connectivity index (χ0v) is 21.4. The first-order valence-corrected chi connectivity index (χ1v) is 12.4. The summed E-state index contributed by atoms with van der Waals surface area (Å²) in [5.41, 5.74) is -0.564. The van der Waals surface area contributed by atoms with Gasteiger partial charge in [-0.15, -0.1) is 0 Å². The van der Waals surface area contributed by atoms with Gasteiger partial charge in [0, 0.05) is 25.0 Å². The van der Waals surface area contributed by atoms with E-state index < -0.39 is 55.0 Å². The zero-order valence-electron chi connectivity index (χ0n) is 21.4. The maximum atomic E-state index is 13.7. The van der Waals surface area contributed by atoms with Crippen LogP contribution >= 0.6 is 0 Å². The third-order valence-electron chi connectivity index (χ3n) is 6.80. The number of rotatable bonds is 8. The van der Waals surface area contributed by atoms with Crippen molar-refractivity contribution in [2.45, 2.75) is 63.0 Å². The van der Waals surface area contributed by atoms with Crippen LogP contribution in [0.5, 0.6) is 0 Å². The number of nitrogens with zero attached hydrogens (tertiary/aromatic N) is 3. The minimum absolute atomic E-state index is 0.0113. The number of piperidine rings is 1. The van der Waals surface area contributed by atoms with E-state index in [9.17, 15) is 38.1 Å². The highest BCUT2D eigenvalue weighted by atomic mass is 19.3. The van der Waals surface area contributed by atoms with Crippen molar-refractivity contribution in [2.75, 3.05) is 26.2 Å². The topological polar surface area (TPSA) is 126 Å². The lowest BCUT2D eigenvalue weighted by Gasteiger charge is -2.35. The van der Waals surface area contributed by atoms with Crippen molar-refractivity contribution in [3.05, 3.63) is 47.3 Å². The molecule has 3 N–H and O–H groups in total. The van der Waals surface area contributed by atoms with Crippen molar-refractivity contribution in [1.82, 2.24) is 15.1 Å².